The molecule has 1 amide bonds. The molecule has 1 unspecified atom stereocenters. The SMILES string of the molecule is Cc1cc(NC(=O)C2CSc3ccccc32)ccc1Br. The molecule has 2 nitrogen and oxygen atoms in total. The highest BCUT2D eigenvalue weighted by molar-refractivity contribution is 9.10. The first-order valence-electron chi connectivity index (χ1n) is 6.44. The normalized spacial score (nSPS) is 16.8. The van der Waals surface area contributed by atoms with E-state index in [0.717, 1.165) is 27.0 Å². The molecule has 0 aliphatic carbocycles. The number of hydrogen-bond acceptors (Lipinski definition) is 2. The van der Waals surface area contributed by atoms with Gasteiger partial charge >= 0.3 is 0 Å². The Kier molecular flexibility index (Phi) is 3.85. The molecule has 0 radical (unpaired) electrons. The summed E-state index contributed by atoms with van der Waals surface area (Å²) >= 11 is 5.22. The largest absolute Gasteiger partial charge is 0.326 e. The Morgan fingerprint density at radius 1 is 1.30 bits per heavy atom. The monoisotopic (exact) mass is 347 g/mol. The van der Waals surface area contributed by atoms with Crippen LogP contribution in [0.5, 0.6) is 0 Å². The van der Waals surface area contributed by atoms with Crippen molar-refractivity contribution in [3.8, 4) is 0 Å². The summed E-state index contributed by atoms with van der Waals surface area (Å²) in [6, 6.07) is 14.0. The van der Waals surface area contributed by atoms with E-state index in [9.17, 15) is 4.79 Å². The average Bonchev–Trinajstić information content (AvgIpc) is 2.87. The first kappa shape index (κ1) is 13.7. The molecule has 1 atom stereocenters. The summed E-state index contributed by atoms with van der Waals surface area (Å²) in [7, 11) is 0. The number of rotatable bonds is 2. The van der Waals surface area contributed by atoms with Crippen LogP contribution in [0.15, 0.2) is 51.8 Å². The lowest BCUT2D eigenvalue weighted by Crippen LogP contribution is -2.21. The highest BCUT2D eigenvalue weighted by Gasteiger charge is 2.28. The number of amides is 1. The lowest BCUT2D eigenvalue weighted by atomic mass is 10.0. The molecule has 1 heterocycles. The molecule has 2 aromatic rings. The Balaban J connectivity index is 1.79. The predicted octanol–water partition coefficient (Wildman–Crippen LogP) is 4.59. The van der Waals surface area contributed by atoms with Crippen molar-refractivity contribution in [2.45, 2.75) is 17.7 Å². The van der Waals surface area contributed by atoms with E-state index in [1.165, 1.54) is 4.90 Å². The summed E-state index contributed by atoms with van der Waals surface area (Å²) in [5.41, 5.74) is 3.11. The summed E-state index contributed by atoms with van der Waals surface area (Å²) in [4.78, 5) is 13.7. The van der Waals surface area contributed by atoms with E-state index in [1.54, 1.807) is 11.8 Å². The van der Waals surface area contributed by atoms with Gasteiger partial charge in [0.2, 0.25) is 5.91 Å². The van der Waals surface area contributed by atoms with Gasteiger partial charge in [-0.15, -0.1) is 11.8 Å². The number of carbonyl (C=O) groups excluding carboxylic acids is 1. The first-order chi connectivity index (χ1) is 9.65. The minimum Gasteiger partial charge on any atom is -0.326 e. The van der Waals surface area contributed by atoms with Crippen LogP contribution >= 0.6 is 27.7 Å². The van der Waals surface area contributed by atoms with Crippen LogP contribution in [0.4, 0.5) is 5.69 Å². The number of halogens is 1. The maximum atomic E-state index is 12.4. The van der Waals surface area contributed by atoms with Gasteiger partial charge in [-0.2, -0.15) is 0 Å². The molecule has 0 fully saturated rings. The second-order valence-corrected chi connectivity index (χ2v) is 6.77. The van der Waals surface area contributed by atoms with Gasteiger partial charge in [0.05, 0.1) is 5.92 Å². The molecule has 3 rings (SSSR count). The van der Waals surface area contributed by atoms with E-state index in [4.69, 9.17) is 0 Å². The zero-order valence-corrected chi connectivity index (χ0v) is 13.4. The van der Waals surface area contributed by atoms with Crippen LogP contribution in [0.2, 0.25) is 0 Å². The first-order valence-corrected chi connectivity index (χ1v) is 8.22. The molecule has 2 aromatic carbocycles. The summed E-state index contributed by atoms with van der Waals surface area (Å²) < 4.78 is 1.05. The fraction of sp³-hybridized carbons (Fsp3) is 0.188. The van der Waals surface area contributed by atoms with Crippen LogP contribution in [0.25, 0.3) is 0 Å². The molecule has 1 aliphatic heterocycles. The van der Waals surface area contributed by atoms with Gasteiger partial charge in [0, 0.05) is 20.8 Å². The molecule has 4 heteroatoms. The summed E-state index contributed by atoms with van der Waals surface area (Å²) in [5, 5.41) is 3.02. The van der Waals surface area contributed by atoms with Crippen molar-refractivity contribution in [2.24, 2.45) is 0 Å². The van der Waals surface area contributed by atoms with Crippen LogP contribution < -0.4 is 5.32 Å². The van der Waals surface area contributed by atoms with Gasteiger partial charge in [0.1, 0.15) is 0 Å². The van der Waals surface area contributed by atoms with Gasteiger partial charge in [-0.1, -0.05) is 34.1 Å². The van der Waals surface area contributed by atoms with Gasteiger partial charge in [-0.3, -0.25) is 4.79 Å². The van der Waals surface area contributed by atoms with E-state index >= 15 is 0 Å². The molecular weight excluding hydrogens is 334 g/mol. The molecule has 1 N–H and O–H groups in total. The van der Waals surface area contributed by atoms with Crippen LogP contribution in [0.1, 0.15) is 17.0 Å². The zero-order chi connectivity index (χ0) is 14.1. The van der Waals surface area contributed by atoms with Crippen LogP contribution in [0.3, 0.4) is 0 Å². The Labute approximate surface area is 131 Å². The van der Waals surface area contributed by atoms with Crippen molar-refractivity contribution in [1.82, 2.24) is 0 Å². The maximum absolute atomic E-state index is 12.4. The standard InChI is InChI=1S/C16H14BrNOS/c1-10-8-11(6-7-14(10)17)18-16(19)13-9-20-15-5-3-2-4-12(13)15/h2-8,13H,9H2,1H3,(H,18,19). The highest BCUT2D eigenvalue weighted by atomic mass is 79.9. The number of anilines is 1. The summed E-state index contributed by atoms with van der Waals surface area (Å²) in [6.07, 6.45) is 0. The van der Waals surface area contributed by atoms with Crippen LogP contribution in [-0.4, -0.2) is 11.7 Å². The van der Waals surface area contributed by atoms with Gasteiger partial charge in [0.15, 0.2) is 0 Å². The predicted molar refractivity (Wildman–Crippen MR) is 87.4 cm³/mol. The number of thioether (sulfide) groups is 1. The number of benzene rings is 2. The van der Waals surface area contributed by atoms with Gasteiger partial charge in [-0.05, 0) is 42.3 Å². The van der Waals surface area contributed by atoms with Crippen molar-refractivity contribution in [3.63, 3.8) is 0 Å². The number of hydrogen-bond donors (Lipinski definition) is 1. The molecule has 0 bridgehead atoms. The molecule has 0 aromatic heterocycles. The van der Waals surface area contributed by atoms with Crippen molar-refractivity contribution in [2.75, 3.05) is 11.1 Å². The molecule has 0 saturated heterocycles. The molecule has 1 aliphatic rings. The van der Waals surface area contributed by atoms with Crippen molar-refractivity contribution >= 4 is 39.3 Å². The topological polar surface area (TPSA) is 29.1 Å². The number of fused-ring (bicyclic) bond motifs is 1. The zero-order valence-electron chi connectivity index (χ0n) is 11.0. The van der Waals surface area contributed by atoms with E-state index in [1.807, 2.05) is 43.3 Å². The maximum Gasteiger partial charge on any atom is 0.232 e. The quantitative estimate of drug-likeness (QED) is 0.860. The number of carbonyl (C=O) groups is 1. The summed E-state index contributed by atoms with van der Waals surface area (Å²) in [5.74, 6) is 0.838. The fourth-order valence-corrected chi connectivity index (χ4v) is 3.81. The molecular formula is C16H14BrNOS. The second kappa shape index (κ2) is 5.62. The lowest BCUT2D eigenvalue weighted by molar-refractivity contribution is -0.117. The van der Waals surface area contributed by atoms with E-state index < -0.39 is 0 Å². The summed E-state index contributed by atoms with van der Waals surface area (Å²) in [6.45, 7) is 2.01. The van der Waals surface area contributed by atoms with Crippen molar-refractivity contribution in [3.05, 3.63) is 58.1 Å². The van der Waals surface area contributed by atoms with Gasteiger partial charge < -0.3 is 5.32 Å². The number of aryl methyl sites for hydroxylation is 1. The lowest BCUT2D eigenvalue weighted by Gasteiger charge is -2.12. The van der Waals surface area contributed by atoms with Crippen molar-refractivity contribution < 1.29 is 4.79 Å². The third-order valence-corrected chi connectivity index (χ3v) is 5.51. The molecule has 0 saturated carbocycles. The Morgan fingerprint density at radius 3 is 2.90 bits per heavy atom. The second-order valence-electron chi connectivity index (χ2n) is 4.85. The Hall–Kier alpha value is -1.26. The third-order valence-electron chi connectivity index (χ3n) is 3.44. The van der Waals surface area contributed by atoms with Gasteiger partial charge in [-0.25, -0.2) is 0 Å². The van der Waals surface area contributed by atoms with E-state index in [0.29, 0.717) is 0 Å². The van der Waals surface area contributed by atoms with Gasteiger partial charge in [0.25, 0.3) is 0 Å². The van der Waals surface area contributed by atoms with E-state index in [-0.39, 0.29) is 11.8 Å². The van der Waals surface area contributed by atoms with Crippen LogP contribution in [-0.2, 0) is 4.79 Å². The van der Waals surface area contributed by atoms with Crippen molar-refractivity contribution in [1.29, 1.82) is 0 Å². The minimum atomic E-state index is -0.0554. The highest BCUT2D eigenvalue weighted by Crippen LogP contribution is 2.39. The Morgan fingerprint density at radius 2 is 2.10 bits per heavy atom. The smallest absolute Gasteiger partial charge is 0.232 e. The minimum absolute atomic E-state index is 0.0554. The number of nitrogens with one attached hydrogen (secondary N) is 1. The molecule has 102 valence electrons. The van der Waals surface area contributed by atoms with Crippen LogP contribution in [0, 0.1) is 6.92 Å². The average molecular weight is 348 g/mol. The van der Waals surface area contributed by atoms with E-state index in [2.05, 4.69) is 27.3 Å². The molecule has 0 spiro atoms. The third kappa shape index (κ3) is 2.63. The fourth-order valence-electron chi connectivity index (χ4n) is 2.33. The Bertz CT molecular complexity index is 671. The molecule has 20 heavy (non-hydrogen) atoms.